The van der Waals surface area contributed by atoms with E-state index in [2.05, 4.69) is 20.9 Å². The molecule has 0 N–H and O–H groups in total. The Morgan fingerprint density at radius 2 is 1.93 bits per heavy atom. The van der Waals surface area contributed by atoms with Gasteiger partial charge in [-0.05, 0) is 11.6 Å². The third-order valence-corrected chi connectivity index (χ3v) is 2.71. The number of hydrogen-bond acceptors (Lipinski definition) is 1. The van der Waals surface area contributed by atoms with Crippen LogP contribution in [0.2, 0.25) is 0 Å². The van der Waals surface area contributed by atoms with E-state index in [0.717, 1.165) is 5.56 Å². The molecular formula is C12H9BrFN. The highest BCUT2D eigenvalue weighted by Crippen LogP contribution is 2.22. The Morgan fingerprint density at radius 3 is 2.53 bits per heavy atom. The summed E-state index contributed by atoms with van der Waals surface area (Å²) in [5.41, 5.74) is 2.09. The molecule has 0 radical (unpaired) electrons. The van der Waals surface area contributed by atoms with Gasteiger partial charge in [-0.25, -0.2) is 4.39 Å². The SMILES string of the molecule is Fc1cc(CBr)ncc1-c1ccccc1. The van der Waals surface area contributed by atoms with Gasteiger partial charge in [-0.1, -0.05) is 46.3 Å². The van der Waals surface area contributed by atoms with Crippen LogP contribution < -0.4 is 0 Å². The summed E-state index contributed by atoms with van der Waals surface area (Å²) in [7, 11) is 0. The molecule has 15 heavy (non-hydrogen) atoms. The van der Waals surface area contributed by atoms with Gasteiger partial charge in [-0.2, -0.15) is 0 Å². The Kier molecular flexibility index (Phi) is 3.11. The number of nitrogens with zero attached hydrogens (tertiary/aromatic N) is 1. The van der Waals surface area contributed by atoms with Gasteiger partial charge >= 0.3 is 0 Å². The van der Waals surface area contributed by atoms with Crippen LogP contribution in [-0.2, 0) is 5.33 Å². The van der Waals surface area contributed by atoms with E-state index in [9.17, 15) is 4.39 Å². The van der Waals surface area contributed by atoms with E-state index in [4.69, 9.17) is 0 Å². The molecular weight excluding hydrogens is 257 g/mol. The maximum absolute atomic E-state index is 13.7. The molecule has 1 heterocycles. The van der Waals surface area contributed by atoms with Crippen LogP contribution in [0.3, 0.4) is 0 Å². The Balaban J connectivity index is 2.46. The summed E-state index contributed by atoms with van der Waals surface area (Å²) in [6.07, 6.45) is 1.57. The van der Waals surface area contributed by atoms with Gasteiger partial charge in [0.2, 0.25) is 0 Å². The van der Waals surface area contributed by atoms with Gasteiger partial charge in [-0.3, -0.25) is 4.98 Å². The maximum atomic E-state index is 13.7. The van der Waals surface area contributed by atoms with Crippen molar-refractivity contribution >= 4 is 15.9 Å². The molecule has 0 aliphatic heterocycles. The Morgan fingerprint density at radius 1 is 1.20 bits per heavy atom. The molecule has 2 aromatic rings. The van der Waals surface area contributed by atoms with E-state index in [-0.39, 0.29) is 5.82 Å². The number of aromatic nitrogens is 1. The third kappa shape index (κ3) is 2.23. The number of pyridine rings is 1. The van der Waals surface area contributed by atoms with E-state index >= 15 is 0 Å². The molecule has 1 aromatic carbocycles. The second-order valence-electron chi connectivity index (χ2n) is 3.16. The highest BCUT2D eigenvalue weighted by Gasteiger charge is 2.05. The summed E-state index contributed by atoms with van der Waals surface area (Å²) in [6.45, 7) is 0. The molecule has 0 saturated heterocycles. The lowest BCUT2D eigenvalue weighted by Gasteiger charge is -2.03. The first-order chi connectivity index (χ1) is 7.31. The first kappa shape index (κ1) is 10.3. The van der Waals surface area contributed by atoms with E-state index in [0.29, 0.717) is 16.6 Å². The molecule has 0 aliphatic carbocycles. The van der Waals surface area contributed by atoms with Crippen LogP contribution in [-0.4, -0.2) is 4.98 Å². The highest BCUT2D eigenvalue weighted by atomic mass is 79.9. The van der Waals surface area contributed by atoms with Gasteiger partial charge in [0.05, 0.1) is 5.69 Å². The summed E-state index contributed by atoms with van der Waals surface area (Å²) in [5.74, 6) is -0.231. The Hall–Kier alpha value is -1.22. The predicted molar refractivity (Wildman–Crippen MR) is 62.3 cm³/mol. The van der Waals surface area contributed by atoms with E-state index in [1.807, 2.05) is 30.3 Å². The molecule has 0 saturated carbocycles. The second-order valence-corrected chi connectivity index (χ2v) is 3.72. The van der Waals surface area contributed by atoms with E-state index < -0.39 is 0 Å². The maximum Gasteiger partial charge on any atom is 0.134 e. The van der Waals surface area contributed by atoms with Crippen molar-refractivity contribution in [3.63, 3.8) is 0 Å². The molecule has 0 aliphatic rings. The van der Waals surface area contributed by atoms with Crippen LogP contribution in [0.1, 0.15) is 5.69 Å². The van der Waals surface area contributed by atoms with Crippen molar-refractivity contribution in [2.24, 2.45) is 0 Å². The molecule has 3 heteroatoms. The molecule has 0 atom stereocenters. The molecule has 0 amide bonds. The van der Waals surface area contributed by atoms with Crippen molar-refractivity contribution in [1.82, 2.24) is 4.98 Å². The van der Waals surface area contributed by atoms with Gasteiger partial charge in [-0.15, -0.1) is 0 Å². The van der Waals surface area contributed by atoms with Crippen LogP contribution in [0, 0.1) is 5.82 Å². The molecule has 0 fully saturated rings. The normalized spacial score (nSPS) is 10.3. The van der Waals surface area contributed by atoms with Crippen LogP contribution in [0.4, 0.5) is 4.39 Å². The van der Waals surface area contributed by atoms with E-state index in [1.54, 1.807) is 6.20 Å². The van der Waals surface area contributed by atoms with Gasteiger partial charge in [0.1, 0.15) is 5.82 Å². The summed E-state index contributed by atoms with van der Waals surface area (Å²) in [4.78, 5) is 4.15. The summed E-state index contributed by atoms with van der Waals surface area (Å²) < 4.78 is 13.7. The lowest BCUT2D eigenvalue weighted by atomic mass is 10.1. The minimum Gasteiger partial charge on any atom is -0.260 e. The summed E-state index contributed by atoms with van der Waals surface area (Å²) in [6, 6.07) is 10.9. The molecule has 0 unspecified atom stereocenters. The van der Waals surface area contributed by atoms with Crippen molar-refractivity contribution < 1.29 is 4.39 Å². The lowest BCUT2D eigenvalue weighted by Crippen LogP contribution is -1.90. The quantitative estimate of drug-likeness (QED) is 0.754. The number of benzene rings is 1. The Labute approximate surface area is 96.1 Å². The van der Waals surface area contributed by atoms with Crippen molar-refractivity contribution in [1.29, 1.82) is 0 Å². The highest BCUT2D eigenvalue weighted by molar-refractivity contribution is 9.08. The summed E-state index contributed by atoms with van der Waals surface area (Å²) in [5, 5.41) is 0.568. The molecule has 0 spiro atoms. The Bertz CT molecular complexity index is 456. The fraction of sp³-hybridized carbons (Fsp3) is 0.0833. The predicted octanol–water partition coefficient (Wildman–Crippen LogP) is 3.78. The number of hydrogen-bond donors (Lipinski definition) is 0. The number of alkyl halides is 1. The fourth-order valence-electron chi connectivity index (χ4n) is 1.37. The number of rotatable bonds is 2. The lowest BCUT2D eigenvalue weighted by molar-refractivity contribution is 0.627. The van der Waals surface area contributed by atoms with Gasteiger partial charge in [0, 0.05) is 17.1 Å². The van der Waals surface area contributed by atoms with Crippen LogP contribution in [0.25, 0.3) is 11.1 Å². The fourth-order valence-corrected chi connectivity index (χ4v) is 1.68. The molecule has 1 aromatic heterocycles. The monoisotopic (exact) mass is 265 g/mol. The van der Waals surface area contributed by atoms with Gasteiger partial charge in [0.25, 0.3) is 0 Å². The van der Waals surface area contributed by atoms with E-state index in [1.165, 1.54) is 6.07 Å². The van der Waals surface area contributed by atoms with Gasteiger partial charge in [0.15, 0.2) is 0 Å². The smallest absolute Gasteiger partial charge is 0.134 e. The van der Waals surface area contributed by atoms with Crippen molar-refractivity contribution in [2.45, 2.75) is 5.33 Å². The first-order valence-corrected chi connectivity index (χ1v) is 5.69. The first-order valence-electron chi connectivity index (χ1n) is 4.57. The molecule has 1 nitrogen and oxygen atoms in total. The van der Waals surface area contributed by atoms with Crippen LogP contribution >= 0.6 is 15.9 Å². The average molecular weight is 266 g/mol. The molecule has 2 rings (SSSR count). The van der Waals surface area contributed by atoms with Crippen LogP contribution in [0.15, 0.2) is 42.6 Å². The second kappa shape index (κ2) is 4.53. The average Bonchev–Trinajstić information content (AvgIpc) is 2.30. The zero-order chi connectivity index (χ0) is 10.7. The van der Waals surface area contributed by atoms with Crippen molar-refractivity contribution in [3.05, 3.63) is 54.1 Å². The van der Waals surface area contributed by atoms with Crippen LogP contribution in [0.5, 0.6) is 0 Å². The minimum absolute atomic E-state index is 0.231. The molecule has 76 valence electrons. The topological polar surface area (TPSA) is 12.9 Å². The standard InChI is InChI=1S/C12H9BrFN/c13-7-10-6-12(14)11(8-15-10)9-4-2-1-3-5-9/h1-6,8H,7H2. The summed E-state index contributed by atoms with van der Waals surface area (Å²) >= 11 is 3.24. The van der Waals surface area contributed by atoms with Crippen molar-refractivity contribution in [3.8, 4) is 11.1 Å². The number of halogens is 2. The minimum atomic E-state index is -0.231. The molecule has 0 bridgehead atoms. The van der Waals surface area contributed by atoms with Gasteiger partial charge < -0.3 is 0 Å². The largest absolute Gasteiger partial charge is 0.260 e. The zero-order valence-corrected chi connectivity index (χ0v) is 9.54. The zero-order valence-electron chi connectivity index (χ0n) is 7.95. The van der Waals surface area contributed by atoms with Crippen molar-refractivity contribution in [2.75, 3.05) is 0 Å². The third-order valence-electron chi connectivity index (χ3n) is 2.13.